The summed E-state index contributed by atoms with van der Waals surface area (Å²) in [4.78, 5) is 2.25. The molecule has 2 N–H and O–H groups in total. The first-order chi connectivity index (χ1) is 9.15. The van der Waals surface area contributed by atoms with Gasteiger partial charge in [-0.15, -0.1) is 0 Å². The van der Waals surface area contributed by atoms with Crippen LogP contribution in [-0.4, -0.2) is 6.54 Å². The Labute approximate surface area is 122 Å². The van der Waals surface area contributed by atoms with Crippen molar-refractivity contribution in [1.29, 1.82) is 0 Å². The summed E-state index contributed by atoms with van der Waals surface area (Å²) >= 11 is 12.1. The van der Waals surface area contributed by atoms with Crippen molar-refractivity contribution in [2.24, 2.45) is 0 Å². The van der Waals surface area contributed by atoms with Gasteiger partial charge in [0.25, 0.3) is 0 Å². The second-order valence-corrected chi connectivity index (χ2v) is 5.56. The van der Waals surface area contributed by atoms with Crippen LogP contribution in [0.1, 0.15) is 12.0 Å². The fourth-order valence-electron chi connectivity index (χ4n) is 2.51. The molecule has 2 nitrogen and oxygen atoms in total. The van der Waals surface area contributed by atoms with Gasteiger partial charge in [-0.25, -0.2) is 0 Å². The van der Waals surface area contributed by atoms with Crippen molar-refractivity contribution < 1.29 is 0 Å². The van der Waals surface area contributed by atoms with E-state index in [2.05, 4.69) is 11.0 Å². The van der Waals surface area contributed by atoms with E-state index in [1.54, 1.807) is 0 Å². The highest BCUT2D eigenvalue weighted by molar-refractivity contribution is 6.42. The number of rotatable bonds is 1. The number of nitrogens with zero attached hydrogens (tertiary/aromatic N) is 1. The largest absolute Gasteiger partial charge is 0.399 e. The van der Waals surface area contributed by atoms with Crippen molar-refractivity contribution in [1.82, 2.24) is 0 Å². The van der Waals surface area contributed by atoms with E-state index in [-0.39, 0.29) is 0 Å². The predicted molar refractivity (Wildman–Crippen MR) is 82.6 cm³/mol. The minimum absolute atomic E-state index is 0.579. The van der Waals surface area contributed by atoms with Crippen molar-refractivity contribution in [2.45, 2.75) is 12.8 Å². The standard InChI is InChI=1S/C15H14Cl2N2/c16-13-6-5-12(9-14(13)17)19-7-1-2-10-3-4-11(18)8-15(10)19/h3-6,8-9H,1-2,7,18H2. The van der Waals surface area contributed by atoms with Gasteiger partial charge in [0.2, 0.25) is 0 Å². The van der Waals surface area contributed by atoms with Crippen LogP contribution in [0, 0.1) is 0 Å². The van der Waals surface area contributed by atoms with Crippen molar-refractivity contribution in [3.63, 3.8) is 0 Å². The molecule has 0 saturated carbocycles. The maximum absolute atomic E-state index is 6.11. The summed E-state index contributed by atoms with van der Waals surface area (Å²) in [6.07, 6.45) is 2.21. The lowest BCUT2D eigenvalue weighted by molar-refractivity contribution is 0.767. The van der Waals surface area contributed by atoms with Crippen LogP contribution >= 0.6 is 23.2 Å². The van der Waals surface area contributed by atoms with Crippen LogP contribution in [0.25, 0.3) is 0 Å². The molecule has 0 fully saturated rings. The molecular formula is C15H14Cl2N2. The van der Waals surface area contributed by atoms with E-state index in [0.29, 0.717) is 10.0 Å². The Hall–Kier alpha value is -1.38. The average Bonchev–Trinajstić information content (AvgIpc) is 2.41. The maximum Gasteiger partial charge on any atom is 0.0613 e. The molecule has 0 amide bonds. The van der Waals surface area contributed by atoms with Gasteiger partial charge < -0.3 is 10.6 Å². The SMILES string of the molecule is Nc1ccc2c(c1)N(c1ccc(Cl)c(Cl)c1)CCC2. The van der Waals surface area contributed by atoms with Gasteiger partial charge >= 0.3 is 0 Å². The van der Waals surface area contributed by atoms with Crippen LogP contribution in [-0.2, 0) is 6.42 Å². The molecule has 1 heterocycles. The summed E-state index contributed by atoms with van der Waals surface area (Å²) in [5.74, 6) is 0. The topological polar surface area (TPSA) is 29.3 Å². The zero-order chi connectivity index (χ0) is 13.4. The summed E-state index contributed by atoms with van der Waals surface area (Å²) in [7, 11) is 0. The quantitative estimate of drug-likeness (QED) is 0.775. The molecule has 0 atom stereocenters. The number of anilines is 3. The van der Waals surface area contributed by atoms with Crippen molar-refractivity contribution >= 4 is 40.3 Å². The van der Waals surface area contributed by atoms with E-state index >= 15 is 0 Å². The van der Waals surface area contributed by atoms with Gasteiger partial charge in [0, 0.05) is 23.6 Å². The number of hydrogen-bond acceptors (Lipinski definition) is 2. The van der Waals surface area contributed by atoms with Gasteiger partial charge in [-0.1, -0.05) is 29.3 Å². The van der Waals surface area contributed by atoms with Crippen LogP contribution in [0.3, 0.4) is 0 Å². The Kier molecular flexibility index (Phi) is 3.29. The molecule has 0 bridgehead atoms. The molecule has 0 spiro atoms. The molecule has 0 saturated heterocycles. The molecule has 19 heavy (non-hydrogen) atoms. The highest BCUT2D eigenvalue weighted by Crippen LogP contribution is 2.37. The number of benzene rings is 2. The predicted octanol–water partition coefficient (Wildman–Crippen LogP) is 4.66. The molecule has 0 aromatic heterocycles. The Morgan fingerprint density at radius 1 is 1.00 bits per heavy atom. The van der Waals surface area contributed by atoms with Crippen LogP contribution in [0.5, 0.6) is 0 Å². The molecule has 0 radical (unpaired) electrons. The molecule has 2 aromatic carbocycles. The van der Waals surface area contributed by atoms with E-state index in [9.17, 15) is 0 Å². The second kappa shape index (κ2) is 4.95. The van der Waals surface area contributed by atoms with E-state index in [1.165, 1.54) is 11.3 Å². The monoisotopic (exact) mass is 292 g/mol. The minimum Gasteiger partial charge on any atom is -0.399 e. The highest BCUT2D eigenvalue weighted by atomic mass is 35.5. The first-order valence-corrected chi connectivity index (χ1v) is 7.02. The fraction of sp³-hybridized carbons (Fsp3) is 0.200. The number of nitrogen functional groups attached to an aromatic ring is 1. The second-order valence-electron chi connectivity index (χ2n) is 4.74. The van der Waals surface area contributed by atoms with Gasteiger partial charge in [-0.2, -0.15) is 0 Å². The number of halogens is 2. The molecule has 4 heteroatoms. The molecular weight excluding hydrogens is 279 g/mol. The first-order valence-electron chi connectivity index (χ1n) is 6.26. The molecule has 1 aliphatic heterocycles. The normalized spacial score (nSPS) is 14.3. The Balaban J connectivity index is 2.07. The third kappa shape index (κ3) is 2.38. The molecule has 1 aliphatic rings. The lowest BCUT2D eigenvalue weighted by Crippen LogP contribution is -2.24. The Morgan fingerprint density at radius 3 is 2.63 bits per heavy atom. The lowest BCUT2D eigenvalue weighted by Gasteiger charge is -2.31. The fourth-order valence-corrected chi connectivity index (χ4v) is 2.81. The summed E-state index contributed by atoms with van der Waals surface area (Å²) < 4.78 is 0. The van der Waals surface area contributed by atoms with Crippen LogP contribution in [0.2, 0.25) is 10.0 Å². The average molecular weight is 293 g/mol. The molecule has 3 rings (SSSR count). The van der Waals surface area contributed by atoms with E-state index in [4.69, 9.17) is 28.9 Å². The van der Waals surface area contributed by atoms with Crippen molar-refractivity contribution in [3.8, 4) is 0 Å². The Morgan fingerprint density at radius 2 is 1.84 bits per heavy atom. The van der Waals surface area contributed by atoms with E-state index < -0.39 is 0 Å². The van der Waals surface area contributed by atoms with Crippen molar-refractivity contribution in [2.75, 3.05) is 17.2 Å². The third-order valence-corrected chi connectivity index (χ3v) is 4.18. The third-order valence-electron chi connectivity index (χ3n) is 3.44. The molecule has 0 aliphatic carbocycles. The van der Waals surface area contributed by atoms with Gasteiger partial charge in [-0.05, 0) is 48.7 Å². The summed E-state index contributed by atoms with van der Waals surface area (Å²) in [5.41, 5.74) is 10.2. The number of hydrogen-bond donors (Lipinski definition) is 1. The van der Waals surface area contributed by atoms with Crippen LogP contribution in [0.15, 0.2) is 36.4 Å². The minimum atomic E-state index is 0.579. The van der Waals surface area contributed by atoms with Gasteiger partial charge in [0.05, 0.1) is 10.0 Å². The maximum atomic E-state index is 6.11. The Bertz CT molecular complexity index is 626. The van der Waals surface area contributed by atoms with Gasteiger partial charge in [0.1, 0.15) is 0 Å². The van der Waals surface area contributed by atoms with Crippen LogP contribution < -0.4 is 10.6 Å². The number of fused-ring (bicyclic) bond motifs is 1. The molecule has 0 unspecified atom stereocenters. The van der Waals surface area contributed by atoms with Gasteiger partial charge in [0.15, 0.2) is 0 Å². The van der Waals surface area contributed by atoms with Crippen molar-refractivity contribution in [3.05, 3.63) is 52.0 Å². The first kappa shape index (κ1) is 12.6. The number of aryl methyl sites for hydroxylation is 1. The lowest BCUT2D eigenvalue weighted by atomic mass is 10.0. The summed E-state index contributed by atoms with van der Waals surface area (Å²) in [5, 5.41) is 1.16. The summed E-state index contributed by atoms with van der Waals surface area (Å²) in [6, 6.07) is 11.8. The summed E-state index contributed by atoms with van der Waals surface area (Å²) in [6.45, 7) is 0.967. The molecule has 98 valence electrons. The molecule has 2 aromatic rings. The number of nitrogens with two attached hydrogens (primary N) is 1. The van der Waals surface area contributed by atoms with Crippen LogP contribution in [0.4, 0.5) is 17.1 Å². The van der Waals surface area contributed by atoms with E-state index in [0.717, 1.165) is 30.8 Å². The smallest absolute Gasteiger partial charge is 0.0613 e. The van der Waals surface area contributed by atoms with Gasteiger partial charge in [-0.3, -0.25) is 0 Å². The highest BCUT2D eigenvalue weighted by Gasteiger charge is 2.18. The van der Waals surface area contributed by atoms with E-state index in [1.807, 2.05) is 30.3 Å². The zero-order valence-corrected chi connectivity index (χ0v) is 11.9. The zero-order valence-electron chi connectivity index (χ0n) is 10.4.